The first-order valence-corrected chi connectivity index (χ1v) is 7.76. The highest BCUT2D eigenvalue weighted by Gasteiger charge is 2.24. The summed E-state index contributed by atoms with van der Waals surface area (Å²) in [5.74, 6) is 0.533. The van der Waals surface area contributed by atoms with Gasteiger partial charge in [-0.05, 0) is 18.6 Å². The molecule has 1 saturated heterocycles. The van der Waals surface area contributed by atoms with Gasteiger partial charge in [0.25, 0.3) is 0 Å². The summed E-state index contributed by atoms with van der Waals surface area (Å²) in [7, 11) is -1.84. The van der Waals surface area contributed by atoms with Crippen molar-refractivity contribution in [1.29, 1.82) is 0 Å². The molecule has 1 aliphatic rings. The molecule has 0 aliphatic carbocycles. The minimum Gasteiger partial charge on any atom is -0.494 e. The Morgan fingerprint density at radius 2 is 2.11 bits per heavy atom. The normalized spacial score (nSPS) is 15.7. The molecule has 19 heavy (non-hydrogen) atoms. The fourth-order valence-corrected chi connectivity index (χ4v) is 2.64. The first-order chi connectivity index (χ1) is 8.90. The van der Waals surface area contributed by atoms with Crippen molar-refractivity contribution in [3.05, 3.63) is 18.2 Å². The summed E-state index contributed by atoms with van der Waals surface area (Å²) in [6, 6.07) is 4.88. The van der Waals surface area contributed by atoms with Crippen LogP contribution >= 0.6 is 0 Å². The molecule has 0 atom stereocenters. The van der Waals surface area contributed by atoms with E-state index in [9.17, 15) is 13.2 Å². The van der Waals surface area contributed by atoms with Crippen LogP contribution in [0.1, 0.15) is 12.8 Å². The van der Waals surface area contributed by atoms with E-state index in [4.69, 9.17) is 4.74 Å². The maximum absolute atomic E-state index is 11.7. The van der Waals surface area contributed by atoms with Gasteiger partial charge >= 0.3 is 0 Å². The second kappa shape index (κ2) is 5.08. The fourth-order valence-electron chi connectivity index (χ4n) is 2.08. The number of hydrogen-bond donors (Lipinski definition) is 1. The van der Waals surface area contributed by atoms with E-state index in [1.807, 2.05) is 0 Å². The van der Waals surface area contributed by atoms with E-state index in [-0.39, 0.29) is 5.91 Å². The van der Waals surface area contributed by atoms with Gasteiger partial charge in [0.2, 0.25) is 15.9 Å². The lowest BCUT2D eigenvalue weighted by atomic mass is 10.2. The molecule has 1 aromatic rings. The van der Waals surface area contributed by atoms with E-state index >= 15 is 0 Å². The molecule has 0 saturated carbocycles. The summed E-state index contributed by atoms with van der Waals surface area (Å²) < 4.78 is 30.0. The summed E-state index contributed by atoms with van der Waals surface area (Å²) in [4.78, 5) is 13.4. The number of nitrogens with one attached hydrogen (secondary N) is 1. The second-order valence-electron chi connectivity index (χ2n) is 4.41. The van der Waals surface area contributed by atoms with Crippen molar-refractivity contribution in [3.63, 3.8) is 0 Å². The molecule has 1 amide bonds. The van der Waals surface area contributed by atoms with Gasteiger partial charge in [-0.3, -0.25) is 9.52 Å². The van der Waals surface area contributed by atoms with E-state index in [1.165, 1.54) is 7.11 Å². The van der Waals surface area contributed by atoms with E-state index in [2.05, 4.69) is 4.72 Å². The first kappa shape index (κ1) is 13.7. The summed E-state index contributed by atoms with van der Waals surface area (Å²) in [6.07, 6.45) is 2.44. The Kier molecular flexibility index (Phi) is 3.66. The molecule has 0 aromatic heterocycles. The zero-order valence-corrected chi connectivity index (χ0v) is 11.7. The van der Waals surface area contributed by atoms with Gasteiger partial charge in [0.1, 0.15) is 5.75 Å². The third-order valence-corrected chi connectivity index (χ3v) is 3.45. The van der Waals surface area contributed by atoms with Gasteiger partial charge in [0.05, 0.1) is 24.7 Å². The van der Waals surface area contributed by atoms with Crippen LogP contribution in [0.4, 0.5) is 11.4 Å². The van der Waals surface area contributed by atoms with Crippen LogP contribution in [0.25, 0.3) is 0 Å². The zero-order chi connectivity index (χ0) is 14.0. The van der Waals surface area contributed by atoms with Gasteiger partial charge < -0.3 is 9.64 Å². The van der Waals surface area contributed by atoms with Crippen molar-refractivity contribution in [2.24, 2.45) is 0 Å². The fraction of sp³-hybridized carbons (Fsp3) is 0.417. The molecule has 0 spiro atoms. The van der Waals surface area contributed by atoms with Crippen LogP contribution in [-0.4, -0.2) is 34.2 Å². The zero-order valence-electron chi connectivity index (χ0n) is 10.8. The Labute approximate surface area is 112 Å². The molecular weight excluding hydrogens is 268 g/mol. The topological polar surface area (TPSA) is 75.7 Å². The molecule has 2 rings (SSSR count). The maximum Gasteiger partial charge on any atom is 0.229 e. The third kappa shape index (κ3) is 3.17. The molecule has 7 heteroatoms. The highest BCUT2D eigenvalue weighted by Crippen LogP contribution is 2.33. The van der Waals surface area contributed by atoms with Crippen LogP contribution in [0.5, 0.6) is 5.75 Å². The van der Waals surface area contributed by atoms with Gasteiger partial charge in [-0.15, -0.1) is 0 Å². The molecule has 6 nitrogen and oxygen atoms in total. The number of rotatable bonds is 4. The lowest BCUT2D eigenvalue weighted by molar-refractivity contribution is -0.117. The number of anilines is 2. The predicted octanol–water partition coefficient (Wildman–Crippen LogP) is 1.19. The van der Waals surface area contributed by atoms with Crippen molar-refractivity contribution < 1.29 is 17.9 Å². The molecule has 0 bridgehead atoms. The number of carbonyl (C=O) groups is 1. The highest BCUT2D eigenvalue weighted by molar-refractivity contribution is 7.92. The van der Waals surface area contributed by atoms with Crippen molar-refractivity contribution in [2.45, 2.75) is 12.8 Å². The number of sulfonamides is 1. The van der Waals surface area contributed by atoms with Gasteiger partial charge in [-0.25, -0.2) is 8.42 Å². The number of methoxy groups -OCH3 is 1. The van der Waals surface area contributed by atoms with Gasteiger partial charge in [-0.2, -0.15) is 0 Å². The number of ether oxygens (including phenoxy) is 1. The number of amides is 1. The quantitative estimate of drug-likeness (QED) is 0.901. The first-order valence-electron chi connectivity index (χ1n) is 5.87. The Morgan fingerprint density at radius 3 is 2.63 bits per heavy atom. The molecule has 1 aromatic carbocycles. The molecular formula is C12H16N2O4S. The Bertz CT molecular complexity index is 598. The van der Waals surface area contributed by atoms with Crippen molar-refractivity contribution in [1.82, 2.24) is 0 Å². The Morgan fingerprint density at radius 1 is 1.37 bits per heavy atom. The van der Waals surface area contributed by atoms with Gasteiger partial charge in [0, 0.05) is 19.0 Å². The standard InChI is InChI=1S/C12H16N2O4S/c1-18-11-8-9(13-19(2,16)17)5-6-10(11)14-7-3-4-12(14)15/h5-6,8,13H,3-4,7H2,1-2H3. The number of hydrogen-bond acceptors (Lipinski definition) is 4. The lowest BCUT2D eigenvalue weighted by Crippen LogP contribution is -2.24. The molecule has 104 valence electrons. The van der Waals surface area contributed by atoms with Crippen LogP contribution in [0.2, 0.25) is 0 Å². The van der Waals surface area contributed by atoms with E-state index in [1.54, 1.807) is 23.1 Å². The molecule has 1 fully saturated rings. The summed E-state index contributed by atoms with van der Waals surface area (Å²) in [5.41, 5.74) is 1.08. The van der Waals surface area contributed by atoms with Crippen molar-refractivity contribution >= 4 is 27.3 Å². The molecule has 1 N–H and O–H groups in total. The number of nitrogens with zero attached hydrogens (tertiary/aromatic N) is 1. The van der Waals surface area contributed by atoms with E-state index in [0.29, 0.717) is 30.1 Å². The van der Waals surface area contributed by atoms with Crippen LogP contribution in [0, 0.1) is 0 Å². The minimum atomic E-state index is -3.33. The average Bonchev–Trinajstić information content (AvgIpc) is 2.73. The Hall–Kier alpha value is -1.76. The number of benzene rings is 1. The van der Waals surface area contributed by atoms with Crippen LogP contribution < -0.4 is 14.4 Å². The average molecular weight is 284 g/mol. The van der Waals surface area contributed by atoms with E-state index in [0.717, 1.165) is 12.7 Å². The molecule has 1 heterocycles. The van der Waals surface area contributed by atoms with Crippen LogP contribution in [0.15, 0.2) is 18.2 Å². The second-order valence-corrected chi connectivity index (χ2v) is 6.16. The van der Waals surface area contributed by atoms with Gasteiger partial charge in [-0.1, -0.05) is 0 Å². The number of carbonyl (C=O) groups excluding carboxylic acids is 1. The largest absolute Gasteiger partial charge is 0.494 e. The smallest absolute Gasteiger partial charge is 0.229 e. The summed E-state index contributed by atoms with van der Waals surface area (Å²) in [5, 5.41) is 0. The summed E-state index contributed by atoms with van der Waals surface area (Å²) in [6.45, 7) is 0.661. The van der Waals surface area contributed by atoms with Crippen LogP contribution in [-0.2, 0) is 14.8 Å². The lowest BCUT2D eigenvalue weighted by Gasteiger charge is -2.19. The Balaban J connectivity index is 2.34. The van der Waals surface area contributed by atoms with Crippen LogP contribution in [0.3, 0.4) is 0 Å². The molecule has 0 radical (unpaired) electrons. The SMILES string of the molecule is COc1cc(NS(C)(=O)=O)ccc1N1CCCC1=O. The van der Waals surface area contributed by atoms with Gasteiger partial charge in [0.15, 0.2) is 0 Å². The third-order valence-electron chi connectivity index (χ3n) is 2.85. The molecule has 1 aliphatic heterocycles. The monoisotopic (exact) mass is 284 g/mol. The van der Waals surface area contributed by atoms with Crippen molar-refractivity contribution in [3.8, 4) is 5.75 Å². The summed E-state index contributed by atoms with van der Waals surface area (Å²) >= 11 is 0. The minimum absolute atomic E-state index is 0.0575. The van der Waals surface area contributed by atoms with E-state index < -0.39 is 10.0 Å². The molecule has 0 unspecified atom stereocenters. The highest BCUT2D eigenvalue weighted by atomic mass is 32.2. The maximum atomic E-state index is 11.7. The van der Waals surface area contributed by atoms with Crippen molar-refractivity contribution in [2.75, 3.05) is 29.5 Å². The predicted molar refractivity (Wildman–Crippen MR) is 73.0 cm³/mol.